The Morgan fingerprint density at radius 3 is 2.17 bits per heavy atom. The maximum Gasteiger partial charge on any atom is 0.243 e. The second-order valence-corrected chi connectivity index (χ2v) is 10.5. The Balaban J connectivity index is 1.37. The third kappa shape index (κ3) is 6.25. The molecule has 1 aliphatic rings. The first-order valence-electron chi connectivity index (χ1n) is 11.5. The summed E-state index contributed by atoms with van der Waals surface area (Å²) in [6.07, 6.45) is 1.59. The Labute approximate surface area is 205 Å². The van der Waals surface area contributed by atoms with E-state index in [1.807, 2.05) is 41.3 Å². The summed E-state index contributed by atoms with van der Waals surface area (Å²) in [5.74, 6) is 0.558. The molecule has 1 fully saturated rings. The average molecular weight is 496 g/mol. The van der Waals surface area contributed by atoms with Crippen molar-refractivity contribution in [3.8, 4) is 0 Å². The van der Waals surface area contributed by atoms with Crippen LogP contribution in [0.25, 0.3) is 0 Å². The molecule has 184 valence electrons. The molecule has 0 saturated carbocycles. The molecule has 1 aromatic heterocycles. The molecule has 0 aliphatic carbocycles. The van der Waals surface area contributed by atoms with Crippen molar-refractivity contribution in [3.05, 3.63) is 89.9 Å². The van der Waals surface area contributed by atoms with Gasteiger partial charge in [-0.25, -0.2) is 8.42 Å². The van der Waals surface area contributed by atoms with Crippen molar-refractivity contribution in [2.45, 2.75) is 24.9 Å². The molecule has 0 N–H and O–H groups in total. The molecule has 0 spiro atoms. The number of nitrogens with zero attached hydrogens (tertiary/aromatic N) is 3. The lowest BCUT2D eigenvalue weighted by Crippen LogP contribution is -2.51. The predicted molar refractivity (Wildman–Crippen MR) is 131 cm³/mol. The summed E-state index contributed by atoms with van der Waals surface area (Å²) in [5, 5.41) is 0. The lowest BCUT2D eigenvalue weighted by atomic mass is 10.2. The van der Waals surface area contributed by atoms with Gasteiger partial charge in [-0.3, -0.25) is 14.5 Å². The minimum atomic E-state index is -3.66. The van der Waals surface area contributed by atoms with E-state index in [9.17, 15) is 18.0 Å². The SMILES string of the molecule is CC(=O)c1ccc(S(=O)(=O)N2CCN(CC(=O)N(Cc3ccccc3)Cc3ccco3)CC2)cc1. The smallest absolute Gasteiger partial charge is 0.243 e. The zero-order valence-corrected chi connectivity index (χ0v) is 20.5. The van der Waals surface area contributed by atoms with Crippen molar-refractivity contribution >= 4 is 21.7 Å². The zero-order chi connectivity index (χ0) is 24.8. The fourth-order valence-electron chi connectivity index (χ4n) is 4.06. The number of piperazine rings is 1. The van der Waals surface area contributed by atoms with Crippen LogP contribution in [-0.4, -0.2) is 66.9 Å². The highest BCUT2D eigenvalue weighted by atomic mass is 32.2. The molecule has 2 aromatic carbocycles. The lowest BCUT2D eigenvalue weighted by Gasteiger charge is -2.34. The Bertz CT molecular complexity index is 1230. The first kappa shape index (κ1) is 24.8. The van der Waals surface area contributed by atoms with Gasteiger partial charge in [0.05, 0.1) is 24.2 Å². The molecule has 0 unspecified atom stereocenters. The van der Waals surface area contributed by atoms with E-state index in [0.717, 1.165) is 5.56 Å². The number of hydrogen-bond donors (Lipinski definition) is 0. The minimum Gasteiger partial charge on any atom is -0.467 e. The van der Waals surface area contributed by atoms with Crippen molar-refractivity contribution in [1.29, 1.82) is 0 Å². The topological polar surface area (TPSA) is 91.1 Å². The van der Waals surface area contributed by atoms with Crippen LogP contribution >= 0.6 is 0 Å². The highest BCUT2D eigenvalue weighted by molar-refractivity contribution is 7.89. The summed E-state index contributed by atoms with van der Waals surface area (Å²) >= 11 is 0. The summed E-state index contributed by atoms with van der Waals surface area (Å²) in [7, 11) is -3.66. The van der Waals surface area contributed by atoms with Gasteiger partial charge >= 0.3 is 0 Å². The number of Topliss-reactive ketones (excluding diaryl/α,β-unsaturated/α-hetero) is 1. The summed E-state index contributed by atoms with van der Waals surface area (Å²) in [6.45, 7) is 3.97. The van der Waals surface area contributed by atoms with E-state index in [0.29, 0.717) is 50.6 Å². The largest absolute Gasteiger partial charge is 0.467 e. The molecule has 35 heavy (non-hydrogen) atoms. The van der Waals surface area contributed by atoms with Crippen LogP contribution in [0, 0.1) is 0 Å². The maximum absolute atomic E-state index is 13.2. The molecule has 8 nitrogen and oxygen atoms in total. The second kappa shape index (κ2) is 11.0. The third-order valence-electron chi connectivity index (χ3n) is 6.08. The van der Waals surface area contributed by atoms with Gasteiger partial charge in [0.15, 0.2) is 5.78 Å². The van der Waals surface area contributed by atoms with Gasteiger partial charge in [0.2, 0.25) is 15.9 Å². The van der Waals surface area contributed by atoms with Gasteiger partial charge in [-0.05, 0) is 36.8 Å². The molecule has 2 heterocycles. The number of carbonyl (C=O) groups excluding carboxylic acids is 2. The fourth-order valence-corrected chi connectivity index (χ4v) is 5.48. The maximum atomic E-state index is 13.2. The molecule has 1 amide bonds. The van der Waals surface area contributed by atoms with E-state index in [1.54, 1.807) is 17.2 Å². The van der Waals surface area contributed by atoms with Gasteiger partial charge in [0.1, 0.15) is 5.76 Å². The molecule has 9 heteroatoms. The molecule has 3 aromatic rings. The van der Waals surface area contributed by atoms with Gasteiger partial charge in [-0.15, -0.1) is 0 Å². The molecular weight excluding hydrogens is 466 g/mol. The quantitative estimate of drug-likeness (QED) is 0.424. The van der Waals surface area contributed by atoms with E-state index in [-0.39, 0.29) is 23.1 Å². The number of furan rings is 1. The van der Waals surface area contributed by atoms with E-state index in [1.165, 1.54) is 35.5 Å². The molecule has 1 aliphatic heterocycles. The van der Waals surface area contributed by atoms with Gasteiger partial charge in [0.25, 0.3) is 0 Å². The van der Waals surface area contributed by atoms with Gasteiger partial charge < -0.3 is 9.32 Å². The van der Waals surface area contributed by atoms with Crippen molar-refractivity contribution in [2.24, 2.45) is 0 Å². The number of amides is 1. The normalized spacial score (nSPS) is 15.1. The van der Waals surface area contributed by atoms with Crippen LogP contribution in [0.5, 0.6) is 0 Å². The number of benzene rings is 2. The van der Waals surface area contributed by atoms with Gasteiger partial charge in [0, 0.05) is 38.3 Å². The average Bonchev–Trinajstić information content (AvgIpc) is 3.38. The van der Waals surface area contributed by atoms with E-state index in [2.05, 4.69) is 0 Å². The third-order valence-corrected chi connectivity index (χ3v) is 8.00. The molecule has 0 radical (unpaired) electrons. The molecule has 0 bridgehead atoms. The van der Waals surface area contributed by atoms with Crippen LogP contribution in [0.3, 0.4) is 0 Å². The Morgan fingerprint density at radius 1 is 0.886 bits per heavy atom. The van der Waals surface area contributed by atoms with Crippen molar-refractivity contribution in [2.75, 3.05) is 32.7 Å². The summed E-state index contributed by atoms with van der Waals surface area (Å²) in [6, 6.07) is 19.4. The number of ketones is 1. The van der Waals surface area contributed by atoms with Crippen LogP contribution in [0.4, 0.5) is 0 Å². The summed E-state index contributed by atoms with van der Waals surface area (Å²) < 4.78 is 32.9. The number of carbonyl (C=O) groups is 2. The van der Waals surface area contributed by atoms with Crippen molar-refractivity contribution in [3.63, 3.8) is 0 Å². The van der Waals surface area contributed by atoms with Gasteiger partial charge in [-0.2, -0.15) is 4.31 Å². The van der Waals surface area contributed by atoms with E-state index < -0.39 is 10.0 Å². The summed E-state index contributed by atoms with van der Waals surface area (Å²) in [5.41, 5.74) is 1.50. The lowest BCUT2D eigenvalue weighted by molar-refractivity contribution is -0.134. The van der Waals surface area contributed by atoms with Crippen molar-refractivity contribution in [1.82, 2.24) is 14.1 Å². The molecule has 0 atom stereocenters. The highest BCUT2D eigenvalue weighted by Gasteiger charge is 2.30. The van der Waals surface area contributed by atoms with Crippen molar-refractivity contribution < 1.29 is 22.4 Å². The Kier molecular flexibility index (Phi) is 7.80. The number of rotatable bonds is 9. The second-order valence-electron chi connectivity index (χ2n) is 8.58. The minimum absolute atomic E-state index is 0.0404. The number of sulfonamides is 1. The zero-order valence-electron chi connectivity index (χ0n) is 19.7. The van der Waals surface area contributed by atoms with Crippen LogP contribution in [0.1, 0.15) is 28.6 Å². The molecule has 4 rings (SSSR count). The van der Waals surface area contributed by atoms with Crippen LogP contribution in [0.2, 0.25) is 0 Å². The van der Waals surface area contributed by atoms with Crippen LogP contribution in [-0.2, 0) is 27.9 Å². The number of hydrogen-bond acceptors (Lipinski definition) is 6. The van der Waals surface area contributed by atoms with E-state index >= 15 is 0 Å². The standard InChI is InChI=1S/C26H29N3O5S/c1-21(30)23-9-11-25(12-10-23)35(32,33)29-15-13-27(14-16-29)20-26(31)28(19-24-8-5-17-34-24)18-22-6-3-2-4-7-22/h2-12,17H,13-16,18-20H2,1H3. The molecule has 1 saturated heterocycles. The predicted octanol–water partition coefficient (Wildman–Crippen LogP) is 3.02. The van der Waals surface area contributed by atoms with Crippen LogP contribution < -0.4 is 0 Å². The van der Waals surface area contributed by atoms with Crippen LogP contribution in [0.15, 0.2) is 82.3 Å². The molecular formula is C26H29N3O5S. The van der Waals surface area contributed by atoms with E-state index in [4.69, 9.17) is 4.42 Å². The Morgan fingerprint density at radius 2 is 1.57 bits per heavy atom. The first-order chi connectivity index (χ1) is 16.8. The monoisotopic (exact) mass is 495 g/mol. The Hall–Kier alpha value is -3.27. The summed E-state index contributed by atoms with van der Waals surface area (Å²) in [4.78, 5) is 28.6. The fraction of sp³-hybridized carbons (Fsp3) is 0.308. The van der Waals surface area contributed by atoms with Gasteiger partial charge in [-0.1, -0.05) is 42.5 Å². The first-order valence-corrected chi connectivity index (χ1v) is 12.9. The highest BCUT2D eigenvalue weighted by Crippen LogP contribution is 2.19.